The van der Waals surface area contributed by atoms with Gasteiger partial charge in [-0.25, -0.2) is 13.8 Å². The lowest BCUT2D eigenvalue weighted by molar-refractivity contribution is 0.510. The molecular weight excluding hydrogens is 230 g/mol. The van der Waals surface area contributed by atoms with Crippen LogP contribution in [0.4, 0.5) is 8.78 Å². The molecular formula is C11H10F2N2S. The number of fused-ring (bicyclic) bond motifs is 1. The molecule has 2 aromatic rings. The van der Waals surface area contributed by atoms with Crippen molar-refractivity contribution in [1.82, 2.24) is 9.97 Å². The number of nitrogens with one attached hydrogen (secondary N) is 1. The third-order valence-corrected chi connectivity index (χ3v) is 4.16. The van der Waals surface area contributed by atoms with Gasteiger partial charge in [0.15, 0.2) is 11.6 Å². The quantitative estimate of drug-likeness (QED) is 0.827. The van der Waals surface area contributed by atoms with Crippen LogP contribution in [0.25, 0.3) is 11.0 Å². The molecule has 0 spiro atoms. The first-order chi connectivity index (χ1) is 7.74. The van der Waals surface area contributed by atoms with Crippen LogP contribution in [0.2, 0.25) is 0 Å². The fourth-order valence-electron chi connectivity index (χ4n) is 1.97. The largest absolute Gasteiger partial charge is 0.341 e. The molecule has 1 aliphatic rings. The molecule has 84 valence electrons. The molecule has 0 saturated carbocycles. The summed E-state index contributed by atoms with van der Waals surface area (Å²) in [7, 11) is 0. The highest BCUT2D eigenvalue weighted by Gasteiger charge is 2.21. The highest BCUT2D eigenvalue weighted by molar-refractivity contribution is 7.99. The minimum Gasteiger partial charge on any atom is -0.341 e. The van der Waals surface area contributed by atoms with Crippen LogP contribution in [0.3, 0.4) is 0 Å². The number of aromatic amines is 1. The lowest BCUT2D eigenvalue weighted by atomic mass is 10.2. The predicted molar refractivity (Wildman–Crippen MR) is 60.4 cm³/mol. The Hall–Kier alpha value is -1.10. The van der Waals surface area contributed by atoms with E-state index in [0.29, 0.717) is 16.3 Å². The first-order valence-corrected chi connectivity index (χ1v) is 6.25. The normalized spacial score (nSPS) is 20.8. The van der Waals surface area contributed by atoms with E-state index >= 15 is 0 Å². The van der Waals surface area contributed by atoms with Crippen LogP contribution < -0.4 is 0 Å². The maximum Gasteiger partial charge on any atom is 0.161 e. The molecule has 0 amide bonds. The van der Waals surface area contributed by atoms with Crippen LogP contribution in [0.1, 0.15) is 23.9 Å². The first-order valence-electron chi connectivity index (χ1n) is 5.20. The van der Waals surface area contributed by atoms with E-state index in [-0.39, 0.29) is 0 Å². The van der Waals surface area contributed by atoms with E-state index in [1.807, 2.05) is 11.8 Å². The number of hydrogen-bond donors (Lipinski definition) is 1. The number of H-pyrrole nitrogens is 1. The number of halogens is 2. The van der Waals surface area contributed by atoms with Gasteiger partial charge in [0.25, 0.3) is 0 Å². The van der Waals surface area contributed by atoms with Crippen molar-refractivity contribution >= 4 is 22.8 Å². The second-order valence-corrected chi connectivity index (χ2v) is 5.22. The molecule has 0 bridgehead atoms. The van der Waals surface area contributed by atoms with E-state index < -0.39 is 11.6 Å². The lowest BCUT2D eigenvalue weighted by Gasteiger charge is -2.01. The first kappa shape index (κ1) is 10.1. The molecule has 5 heteroatoms. The molecule has 1 saturated heterocycles. The standard InChI is InChI=1S/C11H10F2N2S/c12-6-4-8-9(5-7(6)13)15-11(14-8)10-2-1-3-16-10/h4-5,10H,1-3H2,(H,14,15). The Morgan fingerprint density at radius 3 is 2.88 bits per heavy atom. The van der Waals surface area contributed by atoms with Gasteiger partial charge in [-0.15, -0.1) is 0 Å². The second-order valence-electron chi connectivity index (χ2n) is 3.91. The Bertz CT molecular complexity index is 493. The monoisotopic (exact) mass is 240 g/mol. The zero-order valence-electron chi connectivity index (χ0n) is 8.46. The molecule has 2 heterocycles. The van der Waals surface area contributed by atoms with Crippen molar-refractivity contribution < 1.29 is 8.78 Å². The third-order valence-electron chi connectivity index (χ3n) is 2.78. The van der Waals surface area contributed by atoms with E-state index in [2.05, 4.69) is 9.97 Å². The SMILES string of the molecule is Fc1cc2nc(C3CCCS3)[nH]c2cc1F. The summed E-state index contributed by atoms with van der Waals surface area (Å²) in [4.78, 5) is 7.38. The smallest absolute Gasteiger partial charge is 0.161 e. The Morgan fingerprint density at radius 1 is 1.31 bits per heavy atom. The Labute approximate surface area is 95.4 Å². The summed E-state index contributed by atoms with van der Waals surface area (Å²) in [5.41, 5.74) is 1.07. The molecule has 0 radical (unpaired) electrons. The van der Waals surface area contributed by atoms with Crippen LogP contribution in [0.15, 0.2) is 12.1 Å². The lowest BCUT2D eigenvalue weighted by Crippen LogP contribution is -1.90. The van der Waals surface area contributed by atoms with E-state index in [1.54, 1.807) is 0 Å². The number of aromatic nitrogens is 2. The third kappa shape index (κ3) is 1.59. The van der Waals surface area contributed by atoms with E-state index in [1.165, 1.54) is 12.5 Å². The number of nitrogens with zero attached hydrogens (tertiary/aromatic N) is 1. The Morgan fingerprint density at radius 2 is 2.12 bits per heavy atom. The van der Waals surface area contributed by atoms with Crippen molar-refractivity contribution in [1.29, 1.82) is 0 Å². The number of hydrogen-bond acceptors (Lipinski definition) is 2. The fraction of sp³-hybridized carbons (Fsp3) is 0.364. The maximum atomic E-state index is 13.0. The van der Waals surface area contributed by atoms with Crippen LogP contribution in [-0.4, -0.2) is 15.7 Å². The molecule has 2 nitrogen and oxygen atoms in total. The molecule has 1 N–H and O–H groups in total. The zero-order valence-corrected chi connectivity index (χ0v) is 9.28. The average Bonchev–Trinajstić information content (AvgIpc) is 2.86. The van der Waals surface area contributed by atoms with Crippen molar-refractivity contribution in [3.05, 3.63) is 29.6 Å². The molecule has 1 atom stereocenters. The molecule has 3 rings (SSSR count). The molecule has 1 aromatic heterocycles. The average molecular weight is 240 g/mol. The highest BCUT2D eigenvalue weighted by atomic mass is 32.2. The fourth-order valence-corrected chi connectivity index (χ4v) is 3.19. The molecule has 1 unspecified atom stereocenters. The van der Waals surface area contributed by atoms with Gasteiger partial charge in [-0.1, -0.05) is 0 Å². The summed E-state index contributed by atoms with van der Waals surface area (Å²) in [6.45, 7) is 0. The number of thioether (sulfide) groups is 1. The zero-order chi connectivity index (χ0) is 11.1. The number of imidazole rings is 1. The molecule has 1 aliphatic heterocycles. The van der Waals surface area contributed by atoms with Crippen LogP contribution in [0.5, 0.6) is 0 Å². The van der Waals surface area contributed by atoms with Crippen molar-refractivity contribution in [3.8, 4) is 0 Å². The number of benzene rings is 1. The van der Waals surface area contributed by atoms with Crippen molar-refractivity contribution in [3.63, 3.8) is 0 Å². The number of rotatable bonds is 1. The van der Waals surface area contributed by atoms with Crippen molar-refractivity contribution in [2.45, 2.75) is 18.1 Å². The van der Waals surface area contributed by atoms with Crippen molar-refractivity contribution in [2.24, 2.45) is 0 Å². The predicted octanol–water partition coefficient (Wildman–Crippen LogP) is 3.41. The molecule has 1 aromatic carbocycles. The van der Waals surface area contributed by atoms with E-state index in [0.717, 1.165) is 24.1 Å². The van der Waals surface area contributed by atoms with Gasteiger partial charge in [-0.2, -0.15) is 11.8 Å². The highest BCUT2D eigenvalue weighted by Crippen LogP contribution is 2.39. The summed E-state index contributed by atoms with van der Waals surface area (Å²) in [5, 5.41) is 0.346. The molecule has 0 aliphatic carbocycles. The molecule has 1 fully saturated rings. The Kier molecular flexibility index (Phi) is 2.35. The Balaban J connectivity index is 2.08. The van der Waals surface area contributed by atoms with Crippen LogP contribution in [-0.2, 0) is 0 Å². The van der Waals surface area contributed by atoms with E-state index in [9.17, 15) is 8.78 Å². The maximum absolute atomic E-state index is 13.0. The minimum absolute atomic E-state index is 0.346. The summed E-state index contributed by atoms with van der Waals surface area (Å²) < 4.78 is 26.0. The topological polar surface area (TPSA) is 28.7 Å². The second kappa shape index (κ2) is 3.73. The van der Waals surface area contributed by atoms with Crippen LogP contribution >= 0.6 is 11.8 Å². The summed E-state index contributed by atoms with van der Waals surface area (Å²) in [6, 6.07) is 2.31. The van der Waals surface area contributed by atoms with E-state index in [4.69, 9.17) is 0 Å². The van der Waals surface area contributed by atoms with Gasteiger partial charge in [-0.05, 0) is 18.6 Å². The van der Waals surface area contributed by atoms with Gasteiger partial charge in [0.1, 0.15) is 5.82 Å². The minimum atomic E-state index is -0.843. The van der Waals surface area contributed by atoms with Crippen LogP contribution in [0, 0.1) is 11.6 Å². The molecule has 16 heavy (non-hydrogen) atoms. The van der Waals surface area contributed by atoms with Gasteiger partial charge in [-0.3, -0.25) is 0 Å². The van der Waals surface area contributed by atoms with Gasteiger partial charge < -0.3 is 4.98 Å². The van der Waals surface area contributed by atoms with Gasteiger partial charge in [0.2, 0.25) is 0 Å². The summed E-state index contributed by atoms with van der Waals surface area (Å²) in [5.74, 6) is 0.290. The van der Waals surface area contributed by atoms with Gasteiger partial charge in [0, 0.05) is 12.1 Å². The van der Waals surface area contributed by atoms with Crippen molar-refractivity contribution in [2.75, 3.05) is 5.75 Å². The van der Waals surface area contributed by atoms with Gasteiger partial charge in [0.05, 0.1) is 16.3 Å². The summed E-state index contributed by atoms with van der Waals surface area (Å²) >= 11 is 1.84. The summed E-state index contributed by atoms with van der Waals surface area (Å²) in [6.07, 6.45) is 2.25. The van der Waals surface area contributed by atoms with Gasteiger partial charge >= 0.3 is 0 Å².